The fourth-order valence-electron chi connectivity index (χ4n) is 5.28. The maximum absolute atomic E-state index is 10.7. The second-order valence-corrected chi connectivity index (χ2v) is 9.78. The van der Waals surface area contributed by atoms with E-state index in [1.807, 2.05) is 24.3 Å². The number of β-amino-alcohol motifs (C(OH)–C–C–N with tert-alkyl or cyclic N) is 1. The molecule has 4 heterocycles. The predicted octanol–water partition coefficient (Wildman–Crippen LogP) is 4.48. The number of hydrogen-bond acceptors (Lipinski definition) is 8. The summed E-state index contributed by atoms with van der Waals surface area (Å²) in [7, 11) is 0. The van der Waals surface area contributed by atoms with E-state index in [9.17, 15) is 5.11 Å². The highest BCUT2D eigenvalue weighted by atomic mass is 16.5. The van der Waals surface area contributed by atoms with Gasteiger partial charge in [-0.05, 0) is 67.1 Å². The van der Waals surface area contributed by atoms with Crippen molar-refractivity contribution >= 4 is 11.0 Å². The average Bonchev–Trinajstić information content (AvgIpc) is 3.54. The Morgan fingerprint density at radius 1 is 1.08 bits per heavy atom. The Morgan fingerprint density at radius 2 is 1.97 bits per heavy atom. The van der Waals surface area contributed by atoms with Gasteiger partial charge in [0.15, 0.2) is 5.76 Å². The Kier molecular flexibility index (Phi) is 6.48. The minimum absolute atomic E-state index is 0.214. The zero-order chi connectivity index (χ0) is 24.5. The van der Waals surface area contributed by atoms with Crippen molar-refractivity contribution in [2.24, 2.45) is 0 Å². The molecule has 4 aromatic rings. The highest BCUT2D eigenvalue weighted by Gasteiger charge is 2.24. The van der Waals surface area contributed by atoms with Crippen LogP contribution < -0.4 is 4.74 Å². The number of piperidine rings is 1. The molecule has 2 aliphatic rings. The van der Waals surface area contributed by atoms with E-state index < -0.39 is 6.10 Å². The normalized spacial score (nSPS) is 17.8. The summed E-state index contributed by atoms with van der Waals surface area (Å²) in [6, 6.07) is 14.4. The molecule has 6 rings (SSSR count). The number of nitrogens with zero attached hydrogens (tertiary/aromatic N) is 3. The Hall–Kier alpha value is -3.20. The van der Waals surface area contributed by atoms with Gasteiger partial charge in [0.05, 0.1) is 18.6 Å². The Bertz CT molecular complexity index is 1340. The lowest BCUT2D eigenvalue weighted by molar-refractivity contribution is 0.0599. The van der Waals surface area contributed by atoms with Gasteiger partial charge in [0, 0.05) is 19.5 Å². The monoisotopic (exact) mass is 489 g/mol. The number of likely N-dealkylation sites (tertiary alicyclic amines) is 1. The molecule has 2 aromatic heterocycles. The van der Waals surface area contributed by atoms with E-state index >= 15 is 0 Å². The van der Waals surface area contributed by atoms with Gasteiger partial charge in [-0.3, -0.25) is 0 Å². The van der Waals surface area contributed by atoms with E-state index in [0.717, 1.165) is 51.0 Å². The van der Waals surface area contributed by atoms with Gasteiger partial charge in [0.1, 0.15) is 24.0 Å². The molecule has 2 aromatic carbocycles. The summed E-state index contributed by atoms with van der Waals surface area (Å²) in [5.41, 5.74) is 4.89. The molecule has 1 N–H and O–H groups in total. The summed E-state index contributed by atoms with van der Waals surface area (Å²) in [6.07, 6.45) is 2.65. The summed E-state index contributed by atoms with van der Waals surface area (Å²) in [4.78, 5) is 2.34. The fraction of sp³-hybridized carbons (Fsp3) is 0.429. The summed E-state index contributed by atoms with van der Waals surface area (Å²) in [6.45, 7) is 6.07. The molecule has 36 heavy (non-hydrogen) atoms. The Balaban J connectivity index is 1.03. The first-order valence-electron chi connectivity index (χ1n) is 12.7. The van der Waals surface area contributed by atoms with E-state index in [2.05, 4.69) is 33.3 Å². The maximum atomic E-state index is 10.7. The third kappa shape index (κ3) is 4.89. The van der Waals surface area contributed by atoms with Crippen molar-refractivity contribution in [3.63, 3.8) is 0 Å². The van der Waals surface area contributed by atoms with Crippen molar-refractivity contribution in [3.8, 4) is 17.4 Å². The molecule has 0 spiro atoms. The fourth-order valence-corrected chi connectivity index (χ4v) is 5.28. The predicted molar refractivity (Wildman–Crippen MR) is 134 cm³/mol. The molecule has 1 saturated heterocycles. The van der Waals surface area contributed by atoms with Crippen molar-refractivity contribution in [2.45, 2.75) is 44.8 Å². The maximum Gasteiger partial charge on any atom is 0.283 e. The van der Waals surface area contributed by atoms with Crippen LogP contribution in [-0.2, 0) is 17.8 Å². The largest absolute Gasteiger partial charge is 0.490 e. The van der Waals surface area contributed by atoms with Gasteiger partial charge in [-0.1, -0.05) is 24.3 Å². The molecular weight excluding hydrogens is 458 g/mol. The molecule has 0 amide bonds. The first-order chi connectivity index (χ1) is 17.6. The number of aromatic nitrogens is 2. The van der Waals surface area contributed by atoms with E-state index in [1.54, 1.807) is 6.92 Å². The standard InChI is InChI=1S/C28H31N3O5/c1-18-29-30-28(35-18)27-14-24-25(3-2-4-26(24)36-27)34-17-23(32)15-31-10-7-19(8-11-31)20-5-6-22-16-33-12-9-21(22)13-20/h2-6,13-14,19,23,32H,7-12,15-17H2,1H3. The van der Waals surface area contributed by atoms with Gasteiger partial charge >= 0.3 is 0 Å². The third-order valence-electron chi connectivity index (χ3n) is 7.22. The highest BCUT2D eigenvalue weighted by Crippen LogP contribution is 2.33. The summed E-state index contributed by atoms with van der Waals surface area (Å²) >= 11 is 0. The molecule has 0 saturated carbocycles. The van der Waals surface area contributed by atoms with Gasteiger partial charge in [-0.25, -0.2) is 0 Å². The average molecular weight is 490 g/mol. The first-order valence-corrected chi connectivity index (χ1v) is 12.7. The van der Waals surface area contributed by atoms with Crippen molar-refractivity contribution in [1.29, 1.82) is 0 Å². The molecule has 188 valence electrons. The second-order valence-electron chi connectivity index (χ2n) is 9.78. The van der Waals surface area contributed by atoms with Gasteiger partial charge < -0.3 is 28.3 Å². The van der Waals surface area contributed by atoms with Crippen LogP contribution in [0.4, 0.5) is 0 Å². The smallest absolute Gasteiger partial charge is 0.283 e. The van der Waals surface area contributed by atoms with Crippen LogP contribution in [0.1, 0.15) is 41.3 Å². The minimum atomic E-state index is -0.578. The first kappa shape index (κ1) is 23.2. The molecule has 1 fully saturated rings. The van der Waals surface area contributed by atoms with Gasteiger partial charge in [0.2, 0.25) is 5.89 Å². The van der Waals surface area contributed by atoms with Crippen LogP contribution in [0.5, 0.6) is 5.75 Å². The van der Waals surface area contributed by atoms with E-state index in [4.69, 9.17) is 18.3 Å². The van der Waals surface area contributed by atoms with Crippen molar-refractivity contribution in [3.05, 3.63) is 65.0 Å². The van der Waals surface area contributed by atoms with E-state index in [1.165, 1.54) is 16.7 Å². The van der Waals surface area contributed by atoms with Crippen LogP contribution >= 0.6 is 0 Å². The Morgan fingerprint density at radius 3 is 2.81 bits per heavy atom. The van der Waals surface area contributed by atoms with E-state index in [-0.39, 0.29) is 6.61 Å². The van der Waals surface area contributed by atoms with Crippen molar-refractivity contribution in [1.82, 2.24) is 15.1 Å². The topological polar surface area (TPSA) is 94.0 Å². The quantitative estimate of drug-likeness (QED) is 0.406. The van der Waals surface area contributed by atoms with Crippen LogP contribution in [0.2, 0.25) is 0 Å². The van der Waals surface area contributed by atoms with Crippen molar-refractivity contribution in [2.75, 3.05) is 32.8 Å². The molecule has 8 nitrogen and oxygen atoms in total. The number of aryl methyl sites for hydroxylation is 1. The zero-order valence-corrected chi connectivity index (χ0v) is 20.5. The van der Waals surface area contributed by atoms with E-state index in [0.29, 0.717) is 41.3 Å². The Labute approximate surface area is 209 Å². The zero-order valence-electron chi connectivity index (χ0n) is 20.5. The second kappa shape index (κ2) is 10.0. The molecular formula is C28H31N3O5. The highest BCUT2D eigenvalue weighted by molar-refractivity contribution is 5.87. The molecule has 0 radical (unpaired) electrons. The van der Waals surface area contributed by atoms with Crippen LogP contribution in [0.15, 0.2) is 51.3 Å². The van der Waals surface area contributed by atoms with Gasteiger partial charge in [0.25, 0.3) is 5.89 Å². The molecule has 1 unspecified atom stereocenters. The molecule has 0 aliphatic carbocycles. The number of aliphatic hydroxyl groups is 1. The van der Waals surface area contributed by atoms with Crippen LogP contribution in [0.25, 0.3) is 22.6 Å². The minimum Gasteiger partial charge on any atom is -0.490 e. The van der Waals surface area contributed by atoms with Crippen LogP contribution in [-0.4, -0.2) is 59.2 Å². The molecule has 1 atom stereocenters. The van der Waals surface area contributed by atoms with Gasteiger partial charge in [-0.2, -0.15) is 0 Å². The number of rotatable bonds is 7. The lowest BCUT2D eigenvalue weighted by Gasteiger charge is -2.33. The number of aliphatic hydroxyl groups excluding tert-OH is 1. The van der Waals surface area contributed by atoms with Gasteiger partial charge in [-0.15, -0.1) is 10.2 Å². The SMILES string of the molecule is Cc1nnc(-c2cc3c(OCC(O)CN4CCC(c5ccc6c(c5)CCOC6)CC4)cccc3o2)o1. The molecule has 0 bridgehead atoms. The third-order valence-corrected chi connectivity index (χ3v) is 7.22. The summed E-state index contributed by atoms with van der Waals surface area (Å²) in [5, 5.41) is 19.4. The number of furan rings is 1. The number of fused-ring (bicyclic) bond motifs is 2. The lowest BCUT2D eigenvalue weighted by atomic mass is 9.87. The van der Waals surface area contributed by atoms with Crippen molar-refractivity contribution < 1.29 is 23.4 Å². The number of benzene rings is 2. The van der Waals surface area contributed by atoms with Crippen LogP contribution in [0.3, 0.4) is 0 Å². The molecule has 8 heteroatoms. The molecule has 2 aliphatic heterocycles. The summed E-state index contributed by atoms with van der Waals surface area (Å²) in [5.74, 6) is 2.55. The lowest BCUT2D eigenvalue weighted by Crippen LogP contribution is -2.40. The van der Waals surface area contributed by atoms with Crippen LogP contribution in [0, 0.1) is 6.92 Å². The number of hydrogen-bond donors (Lipinski definition) is 1. The summed E-state index contributed by atoms with van der Waals surface area (Å²) < 4.78 is 22.9. The number of ether oxygens (including phenoxy) is 2.